The van der Waals surface area contributed by atoms with Crippen LogP contribution in [-0.4, -0.2) is 54.6 Å². The summed E-state index contributed by atoms with van der Waals surface area (Å²) in [5.74, 6) is 0. The Morgan fingerprint density at radius 2 is 1.92 bits per heavy atom. The summed E-state index contributed by atoms with van der Waals surface area (Å²) in [6.07, 6.45) is 1.32. The highest BCUT2D eigenvalue weighted by Crippen LogP contribution is 2.23. The molecule has 0 aromatic rings. The summed E-state index contributed by atoms with van der Waals surface area (Å²) < 4.78 is 0. The van der Waals surface area contributed by atoms with Crippen molar-refractivity contribution in [2.24, 2.45) is 5.73 Å². The first-order valence-corrected chi connectivity index (χ1v) is 4.86. The molecule has 0 amide bonds. The smallest absolute Gasteiger partial charge is 0.0297 e. The molecule has 2 N–H and O–H groups in total. The summed E-state index contributed by atoms with van der Waals surface area (Å²) in [7, 11) is 2.21. The lowest BCUT2D eigenvalue weighted by Gasteiger charge is -2.41. The lowest BCUT2D eigenvalue weighted by molar-refractivity contribution is 0.0983. The molecule has 2 unspecified atom stereocenters. The van der Waals surface area contributed by atoms with Gasteiger partial charge in [-0.25, -0.2) is 0 Å². The summed E-state index contributed by atoms with van der Waals surface area (Å²) in [4.78, 5) is 4.96. The first kappa shape index (κ1) is 8.48. The van der Waals surface area contributed by atoms with Crippen LogP contribution in [0.25, 0.3) is 0 Å². The van der Waals surface area contributed by atoms with Crippen LogP contribution < -0.4 is 5.73 Å². The van der Waals surface area contributed by atoms with Crippen LogP contribution in [0.15, 0.2) is 0 Å². The standard InChI is InChI=1S/C9H19N3/c1-7-3-9(6-11(7)2)12-4-8(10)5-12/h7-9H,3-6,10H2,1-2H3. The minimum atomic E-state index is 0.450. The number of hydrogen-bond acceptors (Lipinski definition) is 3. The fourth-order valence-corrected chi connectivity index (χ4v) is 2.27. The van der Waals surface area contributed by atoms with E-state index in [1.807, 2.05) is 0 Å². The summed E-state index contributed by atoms with van der Waals surface area (Å²) in [6, 6.07) is 1.99. The van der Waals surface area contributed by atoms with Gasteiger partial charge in [-0.3, -0.25) is 4.90 Å². The fourth-order valence-electron chi connectivity index (χ4n) is 2.27. The molecule has 70 valence electrons. The molecular formula is C9H19N3. The number of hydrogen-bond donors (Lipinski definition) is 1. The van der Waals surface area contributed by atoms with Gasteiger partial charge >= 0.3 is 0 Å². The molecule has 2 aliphatic heterocycles. The van der Waals surface area contributed by atoms with Gasteiger partial charge in [-0.2, -0.15) is 0 Å². The van der Waals surface area contributed by atoms with Crippen LogP contribution in [0.1, 0.15) is 13.3 Å². The molecule has 0 spiro atoms. The Kier molecular flexibility index (Phi) is 2.10. The van der Waals surface area contributed by atoms with Crippen LogP contribution in [-0.2, 0) is 0 Å². The Bertz CT molecular complexity index is 155. The van der Waals surface area contributed by atoms with Gasteiger partial charge in [-0.15, -0.1) is 0 Å². The molecule has 0 bridgehead atoms. The first-order valence-electron chi connectivity index (χ1n) is 4.86. The molecule has 12 heavy (non-hydrogen) atoms. The van der Waals surface area contributed by atoms with Gasteiger partial charge in [0.05, 0.1) is 0 Å². The van der Waals surface area contributed by atoms with Crippen LogP contribution in [0.2, 0.25) is 0 Å². The highest BCUT2D eigenvalue weighted by atomic mass is 15.3. The van der Waals surface area contributed by atoms with E-state index in [9.17, 15) is 0 Å². The van der Waals surface area contributed by atoms with Crippen LogP contribution in [0.5, 0.6) is 0 Å². The van der Waals surface area contributed by atoms with Crippen molar-refractivity contribution >= 4 is 0 Å². The van der Waals surface area contributed by atoms with Gasteiger partial charge in [-0.05, 0) is 20.4 Å². The van der Waals surface area contributed by atoms with Gasteiger partial charge in [0.25, 0.3) is 0 Å². The Hall–Kier alpha value is -0.120. The Balaban J connectivity index is 1.84. The van der Waals surface area contributed by atoms with Gasteiger partial charge in [0, 0.05) is 37.8 Å². The summed E-state index contributed by atoms with van der Waals surface area (Å²) in [5, 5.41) is 0. The highest BCUT2D eigenvalue weighted by molar-refractivity contribution is 4.94. The predicted octanol–water partition coefficient (Wildman–Crippen LogP) is -0.278. The quantitative estimate of drug-likeness (QED) is 0.586. The van der Waals surface area contributed by atoms with Crippen molar-refractivity contribution < 1.29 is 0 Å². The Morgan fingerprint density at radius 1 is 1.25 bits per heavy atom. The minimum Gasteiger partial charge on any atom is -0.325 e. The van der Waals surface area contributed by atoms with E-state index < -0.39 is 0 Å². The van der Waals surface area contributed by atoms with E-state index in [2.05, 4.69) is 23.8 Å². The number of nitrogens with two attached hydrogens (primary N) is 1. The Labute approximate surface area is 74.5 Å². The molecule has 0 radical (unpaired) electrons. The van der Waals surface area contributed by atoms with Gasteiger partial charge in [0.15, 0.2) is 0 Å². The highest BCUT2D eigenvalue weighted by Gasteiger charge is 2.35. The third-order valence-corrected chi connectivity index (χ3v) is 3.32. The van der Waals surface area contributed by atoms with E-state index in [-0.39, 0.29) is 0 Å². The number of rotatable bonds is 1. The lowest BCUT2D eigenvalue weighted by atomic mass is 10.0. The predicted molar refractivity (Wildman–Crippen MR) is 50.0 cm³/mol. The zero-order valence-electron chi connectivity index (χ0n) is 8.03. The molecule has 0 saturated carbocycles. The zero-order chi connectivity index (χ0) is 8.72. The third kappa shape index (κ3) is 1.37. The van der Waals surface area contributed by atoms with E-state index in [0.717, 1.165) is 25.2 Å². The van der Waals surface area contributed by atoms with Gasteiger partial charge in [0.2, 0.25) is 0 Å². The molecule has 0 aromatic heterocycles. The summed E-state index contributed by atoms with van der Waals surface area (Å²) in [5.41, 5.74) is 5.75. The molecule has 2 atom stereocenters. The lowest BCUT2D eigenvalue weighted by Crippen LogP contribution is -2.59. The monoisotopic (exact) mass is 169 g/mol. The maximum absolute atomic E-state index is 5.75. The average molecular weight is 169 g/mol. The second kappa shape index (κ2) is 2.98. The van der Waals surface area contributed by atoms with E-state index in [1.165, 1.54) is 13.0 Å². The summed E-state index contributed by atoms with van der Waals surface area (Å²) in [6.45, 7) is 5.77. The SMILES string of the molecule is CC1CC(N2CC(N)C2)CN1C. The maximum atomic E-state index is 5.75. The maximum Gasteiger partial charge on any atom is 0.0297 e. The van der Waals surface area contributed by atoms with Gasteiger partial charge in [0.1, 0.15) is 0 Å². The minimum absolute atomic E-state index is 0.450. The number of nitrogens with zero attached hydrogens (tertiary/aromatic N) is 2. The first-order chi connectivity index (χ1) is 5.66. The Morgan fingerprint density at radius 3 is 2.33 bits per heavy atom. The second-order valence-corrected chi connectivity index (χ2v) is 4.39. The average Bonchev–Trinajstić information content (AvgIpc) is 2.26. The van der Waals surface area contributed by atoms with Crippen molar-refractivity contribution in [3.8, 4) is 0 Å². The van der Waals surface area contributed by atoms with Crippen LogP contribution in [0.3, 0.4) is 0 Å². The molecule has 2 heterocycles. The van der Waals surface area contributed by atoms with Crippen molar-refractivity contribution in [1.29, 1.82) is 0 Å². The summed E-state index contributed by atoms with van der Waals surface area (Å²) >= 11 is 0. The molecule has 3 nitrogen and oxygen atoms in total. The van der Waals surface area contributed by atoms with E-state index >= 15 is 0 Å². The van der Waals surface area contributed by atoms with Crippen LogP contribution in [0.4, 0.5) is 0 Å². The molecule has 2 rings (SSSR count). The van der Waals surface area contributed by atoms with E-state index in [0.29, 0.717) is 6.04 Å². The largest absolute Gasteiger partial charge is 0.325 e. The molecular weight excluding hydrogens is 150 g/mol. The second-order valence-electron chi connectivity index (χ2n) is 4.39. The van der Waals surface area contributed by atoms with Gasteiger partial charge in [-0.1, -0.05) is 0 Å². The molecule has 3 heteroatoms. The third-order valence-electron chi connectivity index (χ3n) is 3.32. The van der Waals surface area contributed by atoms with Crippen molar-refractivity contribution in [2.45, 2.75) is 31.5 Å². The number of likely N-dealkylation sites (tertiary alicyclic amines) is 2. The molecule has 2 saturated heterocycles. The zero-order valence-corrected chi connectivity index (χ0v) is 8.03. The van der Waals surface area contributed by atoms with Crippen molar-refractivity contribution in [3.63, 3.8) is 0 Å². The van der Waals surface area contributed by atoms with Crippen molar-refractivity contribution in [3.05, 3.63) is 0 Å². The van der Waals surface area contributed by atoms with E-state index in [1.54, 1.807) is 0 Å². The van der Waals surface area contributed by atoms with Crippen molar-refractivity contribution in [2.75, 3.05) is 26.7 Å². The fraction of sp³-hybridized carbons (Fsp3) is 1.00. The molecule has 0 aromatic carbocycles. The molecule has 0 aliphatic carbocycles. The van der Waals surface area contributed by atoms with Gasteiger partial charge < -0.3 is 10.6 Å². The van der Waals surface area contributed by atoms with Crippen LogP contribution in [0, 0.1) is 0 Å². The topological polar surface area (TPSA) is 32.5 Å². The van der Waals surface area contributed by atoms with Crippen LogP contribution >= 0.6 is 0 Å². The number of likely N-dealkylation sites (N-methyl/N-ethyl adjacent to an activating group) is 1. The molecule has 2 fully saturated rings. The van der Waals surface area contributed by atoms with Crippen molar-refractivity contribution in [1.82, 2.24) is 9.80 Å². The van der Waals surface area contributed by atoms with E-state index in [4.69, 9.17) is 5.73 Å². The normalized spacial score (nSPS) is 40.2. The molecule has 2 aliphatic rings.